The third-order valence-corrected chi connectivity index (χ3v) is 3.75. The first-order valence-corrected chi connectivity index (χ1v) is 4.12. The molecule has 3 rings (SSSR count). The Labute approximate surface area is 55.6 Å². The molecule has 9 heavy (non-hydrogen) atoms. The van der Waals surface area contributed by atoms with Gasteiger partial charge in [-0.1, -0.05) is 0 Å². The average Bonchev–Trinajstić information content (AvgIpc) is 2.46. The van der Waals surface area contributed by atoms with E-state index < -0.39 is 0 Å². The predicted molar refractivity (Wildman–Crippen MR) is 35.8 cm³/mol. The van der Waals surface area contributed by atoms with Crippen molar-refractivity contribution in [3.63, 3.8) is 0 Å². The molecule has 3 aliphatic carbocycles. The van der Waals surface area contributed by atoms with Gasteiger partial charge < -0.3 is 5.73 Å². The van der Waals surface area contributed by atoms with Crippen LogP contribution in [0, 0.1) is 23.7 Å². The Kier molecular flexibility index (Phi) is 0.628. The summed E-state index contributed by atoms with van der Waals surface area (Å²) < 4.78 is 0. The molecule has 1 heteroatoms. The first-order valence-electron chi connectivity index (χ1n) is 4.12. The third kappa shape index (κ3) is 0.420. The smallest absolute Gasteiger partial charge is 0.00727 e. The summed E-state index contributed by atoms with van der Waals surface area (Å²) in [4.78, 5) is 0. The van der Waals surface area contributed by atoms with Crippen molar-refractivity contribution in [3.05, 3.63) is 0 Å². The Bertz CT molecular complexity index is 151. The van der Waals surface area contributed by atoms with Crippen LogP contribution < -0.4 is 5.73 Å². The van der Waals surface area contributed by atoms with Gasteiger partial charge in [0.15, 0.2) is 0 Å². The van der Waals surface area contributed by atoms with Crippen LogP contribution >= 0.6 is 0 Å². The van der Waals surface area contributed by atoms with Crippen LogP contribution in [-0.4, -0.2) is 6.04 Å². The monoisotopic (exact) mass is 123 g/mol. The predicted octanol–water partition coefficient (Wildman–Crippen LogP) is 0.990. The summed E-state index contributed by atoms with van der Waals surface area (Å²) in [6, 6.07) is 0.596. The van der Waals surface area contributed by atoms with Gasteiger partial charge >= 0.3 is 0 Å². The summed E-state index contributed by atoms with van der Waals surface area (Å²) in [5.41, 5.74) is 5.94. The molecule has 0 aromatic carbocycles. The number of nitrogens with two attached hydrogens (primary N) is 1. The van der Waals surface area contributed by atoms with Gasteiger partial charge in [-0.2, -0.15) is 0 Å². The highest BCUT2D eigenvalue weighted by molar-refractivity contribution is 5.10. The van der Waals surface area contributed by atoms with Gasteiger partial charge in [-0.3, -0.25) is 0 Å². The van der Waals surface area contributed by atoms with Crippen LogP contribution in [0.25, 0.3) is 0 Å². The lowest BCUT2D eigenvalue weighted by Gasteiger charge is -2.15. The Hall–Kier alpha value is -0.0400. The van der Waals surface area contributed by atoms with Crippen LogP contribution in [0.3, 0.4) is 0 Å². The van der Waals surface area contributed by atoms with Gasteiger partial charge in [-0.05, 0) is 42.9 Å². The minimum absolute atomic E-state index is 0.596. The molecular weight excluding hydrogens is 110 g/mol. The van der Waals surface area contributed by atoms with Gasteiger partial charge in [-0.25, -0.2) is 0 Å². The maximum atomic E-state index is 5.94. The fourth-order valence-corrected chi connectivity index (χ4v) is 3.26. The Balaban J connectivity index is 1.96. The molecule has 2 N–H and O–H groups in total. The molecule has 0 aromatic heterocycles. The van der Waals surface area contributed by atoms with E-state index in [1.807, 2.05) is 0 Å². The fourth-order valence-electron chi connectivity index (χ4n) is 3.26. The van der Waals surface area contributed by atoms with Crippen molar-refractivity contribution in [3.8, 4) is 0 Å². The minimum atomic E-state index is 0.596. The molecule has 0 aliphatic heterocycles. The molecule has 2 bridgehead atoms. The van der Waals surface area contributed by atoms with E-state index in [9.17, 15) is 0 Å². The molecule has 3 fully saturated rings. The van der Waals surface area contributed by atoms with Crippen LogP contribution in [0.15, 0.2) is 0 Å². The second-order valence-electron chi connectivity index (χ2n) is 4.12. The first kappa shape index (κ1) is 4.73. The SMILES string of the molecule is NC1CC2CC1C1CC21. The molecule has 50 valence electrons. The Morgan fingerprint density at radius 2 is 1.78 bits per heavy atom. The highest BCUT2D eigenvalue weighted by Gasteiger charge is 2.59. The maximum Gasteiger partial charge on any atom is 0.00727 e. The van der Waals surface area contributed by atoms with Gasteiger partial charge in [0.25, 0.3) is 0 Å². The van der Waals surface area contributed by atoms with Crippen LogP contribution in [0.4, 0.5) is 0 Å². The molecule has 0 radical (unpaired) electrons. The quantitative estimate of drug-likeness (QED) is 0.510. The van der Waals surface area contributed by atoms with Gasteiger partial charge in [-0.15, -0.1) is 0 Å². The standard InChI is InChI=1S/C8H13N/c9-8-2-4-1-7(8)6-3-5(4)6/h4-8H,1-3,9H2. The third-order valence-electron chi connectivity index (χ3n) is 3.75. The van der Waals surface area contributed by atoms with E-state index in [2.05, 4.69) is 0 Å². The summed E-state index contributed by atoms with van der Waals surface area (Å²) >= 11 is 0. The Morgan fingerprint density at radius 3 is 2.33 bits per heavy atom. The average molecular weight is 123 g/mol. The molecule has 0 heterocycles. The summed E-state index contributed by atoms with van der Waals surface area (Å²) in [6.45, 7) is 0. The lowest BCUT2D eigenvalue weighted by molar-refractivity contribution is 0.398. The van der Waals surface area contributed by atoms with Gasteiger partial charge in [0, 0.05) is 6.04 Å². The molecule has 0 spiro atoms. The number of fused-ring (bicyclic) bond motifs is 5. The Morgan fingerprint density at radius 1 is 0.889 bits per heavy atom. The number of hydrogen-bond acceptors (Lipinski definition) is 1. The van der Waals surface area contributed by atoms with E-state index in [4.69, 9.17) is 5.73 Å². The molecule has 5 unspecified atom stereocenters. The van der Waals surface area contributed by atoms with E-state index >= 15 is 0 Å². The molecular formula is C8H13N. The largest absolute Gasteiger partial charge is 0.327 e. The van der Waals surface area contributed by atoms with E-state index in [-0.39, 0.29) is 0 Å². The molecule has 3 saturated carbocycles. The van der Waals surface area contributed by atoms with E-state index in [0.717, 1.165) is 23.7 Å². The summed E-state index contributed by atoms with van der Waals surface area (Å²) in [5, 5.41) is 0. The summed E-state index contributed by atoms with van der Waals surface area (Å²) in [5.74, 6) is 4.27. The van der Waals surface area contributed by atoms with Crippen molar-refractivity contribution in [1.82, 2.24) is 0 Å². The van der Waals surface area contributed by atoms with E-state index in [1.165, 1.54) is 19.3 Å². The van der Waals surface area contributed by atoms with Crippen LogP contribution in [0.2, 0.25) is 0 Å². The van der Waals surface area contributed by atoms with Crippen LogP contribution in [0.1, 0.15) is 19.3 Å². The second-order valence-corrected chi connectivity index (χ2v) is 4.12. The molecule has 0 amide bonds. The number of rotatable bonds is 0. The van der Waals surface area contributed by atoms with Crippen LogP contribution in [0.5, 0.6) is 0 Å². The molecule has 3 aliphatic rings. The number of hydrogen-bond donors (Lipinski definition) is 1. The summed E-state index contributed by atoms with van der Waals surface area (Å²) in [6.07, 6.45) is 4.37. The summed E-state index contributed by atoms with van der Waals surface area (Å²) in [7, 11) is 0. The topological polar surface area (TPSA) is 26.0 Å². The first-order chi connectivity index (χ1) is 4.36. The van der Waals surface area contributed by atoms with E-state index in [1.54, 1.807) is 0 Å². The van der Waals surface area contributed by atoms with Gasteiger partial charge in [0.05, 0.1) is 0 Å². The fraction of sp³-hybridized carbons (Fsp3) is 1.00. The highest BCUT2D eigenvalue weighted by atomic mass is 14.8. The van der Waals surface area contributed by atoms with E-state index in [0.29, 0.717) is 6.04 Å². The lowest BCUT2D eigenvalue weighted by Crippen LogP contribution is -2.27. The normalized spacial score (nSPS) is 68.3. The van der Waals surface area contributed by atoms with Crippen molar-refractivity contribution in [2.45, 2.75) is 25.3 Å². The lowest BCUT2D eigenvalue weighted by atomic mass is 9.96. The van der Waals surface area contributed by atoms with Crippen molar-refractivity contribution in [2.75, 3.05) is 0 Å². The zero-order valence-electron chi connectivity index (χ0n) is 5.59. The van der Waals surface area contributed by atoms with Gasteiger partial charge in [0.2, 0.25) is 0 Å². The molecule has 5 atom stereocenters. The molecule has 0 saturated heterocycles. The van der Waals surface area contributed by atoms with Gasteiger partial charge in [0.1, 0.15) is 0 Å². The van der Waals surface area contributed by atoms with Crippen molar-refractivity contribution in [2.24, 2.45) is 29.4 Å². The molecule has 0 aromatic rings. The van der Waals surface area contributed by atoms with Crippen molar-refractivity contribution < 1.29 is 0 Å². The van der Waals surface area contributed by atoms with Crippen molar-refractivity contribution in [1.29, 1.82) is 0 Å². The maximum absolute atomic E-state index is 5.94. The minimum Gasteiger partial charge on any atom is -0.327 e. The highest BCUT2D eigenvalue weighted by Crippen LogP contribution is 2.65. The van der Waals surface area contributed by atoms with Crippen molar-refractivity contribution >= 4 is 0 Å². The molecule has 1 nitrogen and oxygen atoms in total. The zero-order valence-corrected chi connectivity index (χ0v) is 5.59. The zero-order chi connectivity index (χ0) is 6.01. The van der Waals surface area contributed by atoms with Crippen LogP contribution in [-0.2, 0) is 0 Å². The second kappa shape index (κ2) is 1.20.